The van der Waals surface area contributed by atoms with Gasteiger partial charge in [-0.25, -0.2) is 0 Å². The molecule has 0 amide bonds. The summed E-state index contributed by atoms with van der Waals surface area (Å²) >= 11 is 0. The first-order chi connectivity index (χ1) is 8.61. The minimum atomic E-state index is 0.259. The van der Waals surface area contributed by atoms with Crippen molar-refractivity contribution in [2.24, 2.45) is 0 Å². The predicted octanol–water partition coefficient (Wildman–Crippen LogP) is 2.35. The lowest BCUT2D eigenvalue weighted by Crippen LogP contribution is -2.48. The molecule has 1 aromatic heterocycles. The number of hydrogen-bond acceptors (Lipinski definition) is 3. The molecule has 1 fully saturated rings. The molecule has 3 heteroatoms. The summed E-state index contributed by atoms with van der Waals surface area (Å²) in [4.78, 5) is 6.93. The molecule has 0 aromatic carbocycles. The molecule has 0 saturated carbocycles. The molecule has 3 nitrogen and oxygen atoms in total. The summed E-state index contributed by atoms with van der Waals surface area (Å²) < 4.78 is 0. The van der Waals surface area contributed by atoms with Crippen LogP contribution >= 0.6 is 0 Å². The zero-order chi connectivity index (χ0) is 13.0. The summed E-state index contributed by atoms with van der Waals surface area (Å²) in [6.07, 6.45) is 4.42. The van der Waals surface area contributed by atoms with Crippen LogP contribution in [0.2, 0.25) is 0 Å². The Hall–Kier alpha value is -0.930. The molecular weight excluding hydrogens is 222 g/mol. The average Bonchev–Trinajstić information content (AvgIpc) is 2.55. The highest BCUT2D eigenvalue weighted by atomic mass is 15.2. The van der Waals surface area contributed by atoms with Crippen molar-refractivity contribution in [1.82, 2.24) is 15.2 Å². The number of nitrogens with zero attached hydrogens (tertiary/aromatic N) is 2. The quantitative estimate of drug-likeness (QED) is 0.888. The van der Waals surface area contributed by atoms with Crippen molar-refractivity contribution in [1.29, 1.82) is 0 Å². The van der Waals surface area contributed by atoms with Gasteiger partial charge in [0.05, 0.1) is 0 Å². The summed E-state index contributed by atoms with van der Waals surface area (Å²) in [7, 11) is 0. The van der Waals surface area contributed by atoms with E-state index in [1.807, 2.05) is 13.1 Å². The van der Waals surface area contributed by atoms with Crippen molar-refractivity contribution >= 4 is 0 Å². The Morgan fingerprint density at radius 3 is 2.94 bits per heavy atom. The van der Waals surface area contributed by atoms with Gasteiger partial charge in [-0.15, -0.1) is 0 Å². The third-order valence-corrected chi connectivity index (χ3v) is 3.93. The Balaban J connectivity index is 2.01. The molecule has 1 unspecified atom stereocenters. The third-order valence-electron chi connectivity index (χ3n) is 3.93. The first-order valence-electron chi connectivity index (χ1n) is 7.00. The van der Waals surface area contributed by atoms with Gasteiger partial charge in [0.15, 0.2) is 0 Å². The number of aromatic nitrogens is 1. The smallest absolute Gasteiger partial charge is 0.0372 e. The van der Waals surface area contributed by atoms with Crippen LogP contribution in [0.4, 0.5) is 0 Å². The van der Waals surface area contributed by atoms with Crippen LogP contribution in [-0.4, -0.2) is 35.1 Å². The van der Waals surface area contributed by atoms with Crippen LogP contribution in [-0.2, 0) is 6.54 Å². The van der Waals surface area contributed by atoms with Crippen molar-refractivity contribution in [2.75, 3.05) is 19.6 Å². The Labute approximate surface area is 111 Å². The van der Waals surface area contributed by atoms with Gasteiger partial charge in [-0.3, -0.25) is 9.88 Å². The van der Waals surface area contributed by atoms with Gasteiger partial charge in [-0.1, -0.05) is 13.0 Å². The van der Waals surface area contributed by atoms with Gasteiger partial charge >= 0.3 is 0 Å². The number of pyridine rings is 1. The fourth-order valence-corrected chi connectivity index (χ4v) is 2.54. The fraction of sp³-hybridized carbons (Fsp3) is 0.667. The SMILES string of the molecule is CCC1(C)CN(Cc2ccc(C)nc2)CCCN1. The van der Waals surface area contributed by atoms with E-state index in [4.69, 9.17) is 0 Å². The summed E-state index contributed by atoms with van der Waals surface area (Å²) in [5.41, 5.74) is 2.67. The minimum absolute atomic E-state index is 0.259. The maximum atomic E-state index is 4.38. The first-order valence-corrected chi connectivity index (χ1v) is 7.00. The molecular formula is C15H25N3. The van der Waals surface area contributed by atoms with E-state index < -0.39 is 0 Å². The highest BCUT2D eigenvalue weighted by molar-refractivity contribution is 5.13. The lowest BCUT2D eigenvalue weighted by molar-refractivity contribution is 0.208. The van der Waals surface area contributed by atoms with E-state index in [1.165, 1.54) is 24.9 Å². The van der Waals surface area contributed by atoms with E-state index in [1.54, 1.807) is 0 Å². The van der Waals surface area contributed by atoms with E-state index in [9.17, 15) is 0 Å². The molecule has 0 aliphatic carbocycles. The molecule has 18 heavy (non-hydrogen) atoms. The van der Waals surface area contributed by atoms with Crippen molar-refractivity contribution in [3.8, 4) is 0 Å². The lowest BCUT2D eigenvalue weighted by Gasteiger charge is -2.32. The molecule has 1 aromatic rings. The van der Waals surface area contributed by atoms with Crippen molar-refractivity contribution in [2.45, 2.75) is 45.7 Å². The highest BCUT2D eigenvalue weighted by Crippen LogP contribution is 2.17. The molecule has 2 heterocycles. The maximum Gasteiger partial charge on any atom is 0.0372 e. The van der Waals surface area contributed by atoms with Gasteiger partial charge < -0.3 is 5.32 Å². The van der Waals surface area contributed by atoms with E-state index in [2.05, 4.69) is 41.2 Å². The van der Waals surface area contributed by atoms with Crippen LogP contribution in [0.3, 0.4) is 0 Å². The van der Waals surface area contributed by atoms with Crippen LogP contribution in [0.25, 0.3) is 0 Å². The standard InChI is InChI=1S/C15H25N3/c1-4-15(3)12-18(9-5-8-17-15)11-14-7-6-13(2)16-10-14/h6-7,10,17H,4-5,8-9,11-12H2,1-3H3. The van der Waals surface area contributed by atoms with Gasteiger partial charge in [-0.2, -0.15) is 0 Å². The molecule has 2 rings (SSSR count). The molecule has 1 aliphatic rings. The Morgan fingerprint density at radius 1 is 1.44 bits per heavy atom. The number of rotatable bonds is 3. The number of hydrogen-bond donors (Lipinski definition) is 1. The van der Waals surface area contributed by atoms with Gasteiger partial charge in [0, 0.05) is 30.5 Å². The fourth-order valence-electron chi connectivity index (χ4n) is 2.54. The average molecular weight is 247 g/mol. The van der Waals surface area contributed by atoms with Crippen molar-refractivity contribution < 1.29 is 0 Å². The second-order valence-electron chi connectivity index (χ2n) is 5.71. The largest absolute Gasteiger partial charge is 0.310 e. The topological polar surface area (TPSA) is 28.2 Å². The van der Waals surface area contributed by atoms with Crippen LogP contribution in [0.5, 0.6) is 0 Å². The maximum absolute atomic E-state index is 4.38. The molecule has 1 N–H and O–H groups in total. The summed E-state index contributed by atoms with van der Waals surface area (Å²) in [5, 5.41) is 3.68. The second-order valence-corrected chi connectivity index (χ2v) is 5.71. The van der Waals surface area contributed by atoms with Gasteiger partial charge in [0.2, 0.25) is 0 Å². The summed E-state index contributed by atoms with van der Waals surface area (Å²) in [5.74, 6) is 0. The van der Waals surface area contributed by atoms with Crippen molar-refractivity contribution in [3.05, 3.63) is 29.6 Å². The Bertz CT molecular complexity index is 374. The lowest BCUT2D eigenvalue weighted by atomic mass is 9.98. The Kier molecular flexibility index (Phi) is 4.36. The van der Waals surface area contributed by atoms with E-state index >= 15 is 0 Å². The molecule has 0 spiro atoms. The first kappa shape index (κ1) is 13.5. The monoisotopic (exact) mass is 247 g/mol. The predicted molar refractivity (Wildman–Crippen MR) is 75.6 cm³/mol. The van der Waals surface area contributed by atoms with E-state index in [-0.39, 0.29) is 5.54 Å². The van der Waals surface area contributed by atoms with E-state index in [0.29, 0.717) is 0 Å². The van der Waals surface area contributed by atoms with Crippen molar-refractivity contribution in [3.63, 3.8) is 0 Å². The summed E-state index contributed by atoms with van der Waals surface area (Å²) in [6, 6.07) is 4.30. The third kappa shape index (κ3) is 3.53. The van der Waals surface area contributed by atoms with Gasteiger partial charge in [0.25, 0.3) is 0 Å². The molecule has 1 saturated heterocycles. The normalized spacial score (nSPS) is 25.9. The molecule has 1 atom stereocenters. The van der Waals surface area contributed by atoms with Gasteiger partial charge in [-0.05, 0) is 51.4 Å². The van der Waals surface area contributed by atoms with Gasteiger partial charge in [0.1, 0.15) is 0 Å². The number of aryl methyl sites for hydroxylation is 1. The van der Waals surface area contributed by atoms with Crippen LogP contribution < -0.4 is 5.32 Å². The molecule has 0 bridgehead atoms. The van der Waals surface area contributed by atoms with E-state index in [0.717, 1.165) is 25.3 Å². The highest BCUT2D eigenvalue weighted by Gasteiger charge is 2.26. The molecule has 100 valence electrons. The zero-order valence-corrected chi connectivity index (χ0v) is 11.9. The minimum Gasteiger partial charge on any atom is -0.310 e. The van der Waals surface area contributed by atoms with Crippen LogP contribution in [0.1, 0.15) is 37.9 Å². The molecule has 0 radical (unpaired) electrons. The zero-order valence-electron chi connectivity index (χ0n) is 11.9. The van der Waals surface area contributed by atoms with Crippen LogP contribution in [0.15, 0.2) is 18.3 Å². The second kappa shape index (κ2) is 5.81. The van der Waals surface area contributed by atoms with Crippen LogP contribution in [0, 0.1) is 6.92 Å². The number of nitrogens with one attached hydrogen (secondary N) is 1. The molecule has 1 aliphatic heterocycles. The summed E-state index contributed by atoms with van der Waals surface area (Å²) in [6.45, 7) is 11.1. The Morgan fingerprint density at radius 2 is 2.28 bits per heavy atom.